The first kappa shape index (κ1) is 15.8. The highest BCUT2D eigenvalue weighted by Crippen LogP contribution is 2.25. The molecule has 0 aliphatic carbocycles. The van der Waals surface area contributed by atoms with Gasteiger partial charge >= 0.3 is 0 Å². The van der Waals surface area contributed by atoms with Crippen LogP contribution in [0, 0.1) is 0 Å². The minimum absolute atomic E-state index is 0.358. The maximum atomic E-state index is 6.17. The van der Waals surface area contributed by atoms with Gasteiger partial charge in [-0.25, -0.2) is 0 Å². The second kappa shape index (κ2) is 7.43. The van der Waals surface area contributed by atoms with E-state index in [-0.39, 0.29) is 0 Å². The van der Waals surface area contributed by atoms with Gasteiger partial charge in [0.25, 0.3) is 0 Å². The lowest BCUT2D eigenvalue weighted by Gasteiger charge is -2.24. The molecule has 1 aromatic carbocycles. The predicted molar refractivity (Wildman–Crippen MR) is 88.9 cm³/mol. The van der Waals surface area contributed by atoms with Crippen molar-refractivity contribution in [2.75, 3.05) is 20.6 Å². The minimum atomic E-state index is 0.358. The van der Waals surface area contributed by atoms with Gasteiger partial charge in [-0.2, -0.15) is 0 Å². The Kier molecular flexibility index (Phi) is 5.87. The van der Waals surface area contributed by atoms with Gasteiger partial charge in [0.15, 0.2) is 0 Å². The number of nitrogens with zero attached hydrogens (tertiary/aromatic N) is 1. The van der Waals surface area contributed by atoms with E-state index >= 15 is 0 Å². The summed E-state index contributed by atoms with van der Waals surface area (Å²) in [5.41, 5.74) is 0.958. The number of halogens is 2. The monoisotopic (exact) mass is 328 g/mol. The third-order valence-electron chi connectivity index (χ3n) is 3.20. The summed E-state index contributed by atoms with van der Waals surface area (Å²) in [6.07, 6.45) is 0. The smallest absolute Gasteiger partial charge is 0.0561 e. The van der Waals surface area contributed by atoms with Crippen LogP contribution in [0.2, 0.25) is 10.0 Å². The normalized spacial score (nSPS) is 12.8. The fourth-order valence-corrected chi connectivity index (χ4v) is 3.51. The van der Waals surface area contributed by atoms with Gasteiger partial charge in [0.1, 0.15) is 0 Å². The lowest BCUT2D eigenvalue weighted by molar-refractivity contribution is 0.292. The van der Waals surface area contributed by atoms with Gasteiger partial charge in [0.2, 0.25) is 0 Å². The van der Waals surface area contributed by atoms with E-state index < -0.39 is 0 Å². The third-order valence-corrected chi connectivity index (χ3v) is 4.88. The highest BCUT2D eigenvalue weighted by atomic mass is 35.5. The summed E-state index contributed by atoms with van der Waals surface area (Å²) in [6.45, 7) is 1.53. The highest BCUT2D eigenvalue weighted by Gasteiger charge is 2.15. The number of likely N-dealkylation sites (N-methyl/N-ethyl adjacent to an activating group) is 1. The topological polar surface area (TPSA) is 15.3 Å². The molecule has 0 spiro atoms. The number of hydrogen-bond acceptors (Lipinski definition) is 3. The summed E-state index contributed by atoms with van der Waals surface area (Å²) >= 11 is 14.1. The maximum absolute atomic E-state index is 6.17. The van der Waals surface area contributed by atoms with Crippen molar-refractivity contribution in [3.8, 4) is 0 Å². The lowest BCUT2D eigenvalue weighted by atomic mass is 10.2. The Morgan fingerprint density at radius 2 is 1.85 bits per heavy atom. The van der Waals surface area contributed by atoms with Gasteiger partial charge < -0.3 is 10.2 Å². The molecule has 0 fully saturated rings. The Bertz CT molecular complexity index is 521. The SMILES string of the molecule is CN(C)C(CNCc1c(Cl)cccc1Cl)c1cccs1. The number of hydrogen-bond donors (Lipinski definition) is 1. The molecule has 0 radical (unpaired) electrons. The standard InChI is InChI=1S/C15H18Cl2N2S/c1-19(2)14(15-7-4-8-20-15)10-18-9-11-12(16)5-3-6-13(11)17/h3-8,14,18H,9-10H2,1-2H3. The van der Waals surface area contributed by atoms with Gasteiger partial charge in [-0.15, -0.1) is 11.3 Å². The molecule has 5 heteroatoms. The Hall–Kier alpha value is -0.580. The fourth-order valence-electron chi connectivity index (χ4n) is 2.05. The van der Waals surface area contributed by atoms with E-state index in [9.17, 15) is 0 Å². The zero-order valence-electron chi connectivity index (χ0n) is 11.6. The van der Waals surface area contributed by atoms with Crippen molar-refractivity contribution in [2.24, 2.45) is 0 Å². The van der Waals surface area contributed by atoms with Crippen molar-refractivity contribution in [3.63, 3.8) is 0 Å². The van der Waals surface area contributed by atoms with Crippen molar-refractivity contribution in [3.05, 3.63) is 56.2 Å². The van der Waals surface area contributed by atoms with Crippen LogP contribution in [-0.4, -0.2) is 25.5 Å². The van der Waals surface area contributed by atoms with Crippen LogP contribution in [-0.2, 0) is 6.54 Å². The van der Waals surface area contributed by atoms with Crippen molar-refractivity contribution in [1.29, 1.82) is 0 Å². The molecule has 1 atom stereocenters. The number of nitrogens with one attached hydrogen (secondary N) is 1. The molecule has 1 aromatic heterocycles. The van der Waals surface area contributed by atoms with Gasteiger partial charge in [-0.1, -0.05) is 35.3 Å². The van der Waals surface area contributed by atoms with Gasteiger partial charge in [-0.05, 0) is 37.7 Å². The van der Waals surface area contributed by atoms with E-state index in [1.165, 1.54) is 4.88 Å². The molecular weight excluding hydrogens is 311 g/mol. The number of benzene rings is 1. The van der Waals surface area contributed by atoms with Crippen LogP contribution in [0.5, 0.6) is 0 Å². The molecule has 0 saturated carbocycles. The van der Waals surface area contributed by atoms with Crippen LogP contribution in [0.1, 0.15) is 16.5 Å². The Labute approximate surface area is 134 Å². The molecule has 0 aliphatic heterocycles. The minimum Gasteiger partial charge on any atom is -0.311 e. The van der Waals surface area contributed by atoms with E-state index in [1.807, 2.05) is 18.2 Å². The van der Waals surface area contributed by atoms with Crippen LogP contribution in [0.3, 0.4) is 0 Å². The van der Waals surface area contributed by atoms with Crippen molar-refractivity contribution in [2.45, 2.75) is 12.6 Å². The molecule has 0 aliphatic rings. The van der Waals surface area contributed by atoms with Crippen molar-refractivity contribution >= 4 is 34.5 Å². The molecule has 1 heterocycles. The maximum Gasteiger partial charge on any atom is 0.0561 e. The van der Waals surface area contributed by atoms with E-state index in [0.717, 1.165) is 12.1 Å². The molecule has 108 valence electrons. The summed E-state index contributed by atoms with van der Waals surface area (Å²) in [7, 11) is 4.18. The van der Waals surface area contributed by atoms with Gasteiger partial charge in [0.05, 0.1) is 6.04 Å². The summed E-state index contributed by atoms with van der Waals surface area (Å²) in [5, 5.41) is 6.98. The molecule has 2 aromatic rings. The van der Waals surface area contributed by atoms with Crippen LogP contribution in [0.4, 0.5) is 0 Å². The zero-order valence-corrected chi connectivity index (χ0v) is 13.9. The average molecular weight is 329 g/mol. The highest BCUT2D eigenvalue weighted by molar-refractivity contribution is 7.10. The van der Waals surface area contributed by atoms with E-state index in [0.29, 0.717) is 22.6 Å². The first-order chi connectivity index (χ1) is 9.59. The first-order valence-corrected chi connectivity index (χ1v) is 8.06. The molecule has 2 nitrogen and oxygen atoms in total. The van der Waals surface area contributed by atoms with Crippen LogP contribution >= 0.6 is 34.5 Å². The molecule has 0 bridgehead atoms. The first-order valence-electron chi connectivity index (χ1n) is 6.43. The largest absolute Gasteiger partial charge is 0.311 e. The predicted octanol–water partition coefficient (Wildman–Crippen LogP) is 4.45. The van der Waals surface area contributed by atoms with Crippen LogP contribution < -0.4 is 5.32 Å². The summed E-state index contributed by atoms with van der Waals surface area (Å²) in [5.74, 6) is 0. The Morgan fingerprint density at radius 1 is 1.15 bits per heavy atom. The number of rotatable bonds is 6. The number of thiophene rings is 1. The molecular formula is C15H18Cl2N2S. The van der Waals surface area contributed by atoms with Gasteiger partial charge in [0, 0.05) is 33.6 Å². The Balaban J connectivity index is 1.97. The van der Waals surface area contributed by atoms with Crippen molar-refractivity contribution < 1.29 is 0 Å². The average Bonchev–Trinajstić information content (AvgIpc) is 2.90. The van der Waals surface area contributed by atoms with E-state index in [2.05, 4.69) is 41.8 Å². The van der Waals surface area contributed by atoms with Crippen molar-refractivity contribution in [1.82, 2.24) is 10.2 Å². The Morgan fingerprint density at radius 3 is 2.40 bits per heavy atom. The van der Waals surface area contributed by atoms with Crippen LogP contribution in [0.15, 0.2) is 35.7 Å². The molecule has 2 rings (SSSR count). The van der Waals surface area contributed by atoms with Gasteiger partial charge in [-0.3, -0.25) is 0 Å². The second-order valence-electron chi connectivity index (χ2n) is 4.83. The molecule has 1 N–H and O–H groups in total. The molecule has 1 unspecified atom stereocenters. The zero-order chi connectivity index (χ0) is 14.5. The molecule has 20 heavy (non-hydrogen) atoms. The second-order valence-corrected chi connectivity index (χ2v) is 6.62. The third kappa shape index (κ3) is 3.96. The fraction of sp³-hybridized carbons (Fsp3) is 0.333. The quantitative estimate of drug-likeness (QED) is 0.842. The summed E-state index contributed by atoms with van der Waals surface area (Å²) < 4.78 is 0. The van der Waals surface area contributed by atoms with Crippen LogP contribution in [0.25, 0.3) is 0 Å². The molecule has 0 saturated heterocycles. The van der Waals surface area contributed by atoms with E-state index in [1.54, 1.807) is 11.3 Å². The molecule has 0 amide bonds. The summed E-state index contributed by atoms with van der Waals surface area (Å²) in [4.78, 5) is 3.57. The van der Waals surface area contributed by atoms with E-state index in [4.69, 9.17) is 23.2 Å². The summed E-state index contributed by atoms with van der Waals surface area (Å²) in [6, 6.07) is 10.2. The lowest BCUT2D eigenvalue weighted by Crippen LogP contribution is -2.30.